The molecule has 22 heavy (non-hydrogen) atoms. The number of rotatable bonds is 6. The topological polar surface area (TPSA) is 72.9 Å². The number of nitrogens with zero attached hydrogens (tertiary/aromatic N) is 1. The van der Waals surface area contributed by atoms with Crippen molar-refractivity contribution < 1.29 is 23.9 Å². The summed E-state index contributed by atoms with van der Waals surface area (Å²) in [6, 6.07) is 7.43. The van der Waals surface area contributed by atoms with Crippen molar-refractivity contribution in [2.45, 2.75) is 18.9 Å². The van der Waals surface area contributed by atoms with Gasteiger partial charge in [-0.05, 0) is 24.1 Å². The molecule has 0 N–H and O–H groups in total. The average Bonchev–Trinajstić information content (AvgIpc) is 2.79. The molecule has 0 aliphatic carbocycles. The van der Waals surface area contributed by atoms with Gasteiger partial charge in [0, 0.05) is 6.54 Å². The fourth-order valence-corrected chi connectivity index (χ4v) is 2.37. The third-order valence-corrected chi connectivity index (χ3v) is 3.80. The first kappa shape index (κ1) is 16.5. The molecule has 0 bridgehead atoms. The lowest BCUT2D eigenvalue weighted by atomic mass is 10.1. The highest BCUT2D eigenvalue weighted by molar-refractivity contribution is 9.09. The van der Waals surface area contributed by atoms with Gasteiger partial charge in [0.25, 0.3) is 5.91 Å². The zero-order chi connectivity index (χ0) is 16.1. The van der Waals surface area contributed by atoms with Crippen molar-refractivity contribution in [3.05, 3.63) is 29.8 Å². The van der Waals surface area contributed by atoms with Gasteiger partial charge in [-0.3, -0.25) is 19.3 Å². The van der Waals surface area contributed by atoms with Crippen LogP contribution in [0.5, 0.6) is 5.75 Å². The third-order valence-electron chi connectivity index (χ3n) is 3.34. The van der Waals surface area contributed by atoms with E-state index in [1.165, 1.54) is 0 Å². The zero-order valence-electron chi connectivity index (χ0n) is 12.1. The van der Waals surface area contributed by atoms with E-state index in [0.29, 0.717) is 6.42 Å². The van der Waals surface area contributed by atoms with Crippen molar-refractivity contribution in [1.82, 2.24) is 4.90 Å². The highest BCUT2D eigenvalue weighted by Gasteiger charge is 2.40. The van der Waals surface area contributed by atoms with E-state index in [-0.39, 0.29) is 24.2 Å². The molecule has 1 fully saturated rings. The summed E-state index contributed by atoms with van der Waals surface area (Å²) in [4.78, 5) is 36.3. The second kappa shape index (κ2) is 7.40. The Balaban J connectivity index is 1.96. The molecule has 1 aromatic carbocycles. The molecule has 1 aromatic rings. The number of hydrogen-bond acceptors (Lipinski definition) is 5. The maximum absolute atomic E-state index is 12.1. The van der Waals surface area contributed by atoms with Crippen LogP contribution in [0.15, 0.2) is 24.3 Å². The summed E-state index contributed by atoms with van der Waals surface area (Å²) in [7, 11) is 1.58. The summed E-state index contributed by atoms with van der Waals surface area (Å²) in [5.41, 5.74) is 0.959. The Morgan fingerprint density at radius 2 is 2.18 bits per heavy atom. The second-order valence-corrected chi connectivity index (χ2v) is 5.36. The number of ether oxygens (including phenoxy) is 2. The van der Waals surface area contributed by atoms with Crippen LogP contribution in [0, 0.1) is 0 Å². The summed E-state index contributed by atoms with van der Waals surface area (Å²) in [6.07, 6.45) is -0.563. The predicted octanol–water partition coefficient (Wildman–Crippen LogP) is 1.30. The van der Waals surface area contributed by atoms with Crippen molar-refractivity contribution in [3.63, 3.8) is 0 Å². The highest BCUT2D eigenvalue weighted by atomic mass is 79.9. The maximum atomic E-state index is 12.1. The summed E-state index contributed by atoms with van der Waals surface area (Å²) in [5, 5.41) is -0.00518. The normalized spacial score (nSPS) is 17.7. The zero-order valence-corrected chi connectivity index (χ0v) is 13.7. The number of alkyl halides is 1. The van der Waals surface area contributed by atoms with Crippen LogP contribution in [-0.4, -0.2) is 47.8 Å². The Bertz CT molecular complexity index is 589. The number of benzene rings is 1. The van der Waals surface area contributed by atoms with Gasteiger partial charge in [-0.2, -0.15) is 0 Å². The van der Waals surface area contributed by atoms with Gasteiger partial charge in [-0.25, -0.2) is 0 Å². The molecule has 6 nitrogen and oxygen atoms in total. The van der Waals surface area contributed by atoms with E-state index in [1.54, 1.807) is 7.11 Å². The van der Waals surface area contributed by atoms with E-state index in [0.717, 1.165) is 16.2 Å². The molecule has 1 aliphatic rings. The number of imide groups is 1. The van der Waals surface area contributed by atoms with Gasteiger partial charge in [0.05, 0.1) is 13.5 Å². The van der Waals surface area contributed by atoms with Crippen molar-refractivity contribution in [2.24, 2.45) is 0 Å². The fraction of sp³-hybridized carbons (Fsp3) is 0.400. The Labute approximate surface area is 136 Å². The van der Waals surface area contributed by atoms with Crippen molar-refractivity contribution >= 4 is 33.7 Å². The summed E-state index contributed by atoms with van der Waals surface area (Å²) in [6.45, 7) is 0.257. The van der Waals surface area contributed by atoms with E-state index in [1.807, 2.05) is 24.3 Å². The number of carbonyl (C=O) groups is 3. The van der Waals surface area contributed by atoms with E-state index in [2.05, 4.69) is 15.9 Å². The molecular weight excluding hydrogens is 354 g/mol. The lowest BCUT2D eigenvalue weighted by molar-refractivity contribution is -0.154. The van der Waals surface area contributed by atoms with Gasteiger partial charge in [0.15, 0.2) is 6.10 Å². The number of hydrogen-bond donors (Lipinski definition) is 0. The van der Waals surface area contributed by atoms with Crippen LogP contribution in [0.4, 0.5) is 0 Å². The molecule has 118 valence electrons. The first-order valence-corrected chi connectivity index (χ1v) is 7.90. The molecule has 0 saturated carbocycles. The second-order valence-electron chi connectivity index (χ2n) is 4.80. The standard InChI is InChI=1S/C15H16BrNO5/c1-21-11-4-2-3-10(7-11)5-6-17-13(18)8-12(15(17)20)22-14(19)9-16/h2-4,7,12H,5-6,8-9H2,1H3/t12-/m0/s1. The summed E-state index contributed by atoms with van der Waals surface area (Å²) < 4.78 is 10.1. The molecule has 1 heterocycles. The predicted molar refractivity (Wildman–Crippen MR) is 81.7 cm³/mol. The van der Waals surface area contributed by atoms with Crippen molar-refractivity contribution in [2.75, 3.05) is 19.0 Å². The molecule has 1 saturated heterocycles. The van der Waals surface area contributed by atoms with Crippen LogP contribution in [0.1, 0.15) is 12.0 Å². The van der Waals surface area contributed by atoms with E-state index < -0.39 is 18.0 Å². The maximum Gasteiger partial charge on any atom is 0.317 e. The largest absolute Gasteiger partial charge is 0.497 e. The first-order valence-electron chi connectivity index (χ1n) is 6.77. The van der Waals surface area contributed by atoms with E-state index >= 15 is 0 Å². The Hall–Kier alpha value is -1.89. The molecule has 7 heteroatoms. The van der Waals surface area contributed by atoms with Gasteiger partial charge in [-0.1, -0.05) is 28.1 Å². The quantitative estimate of drug-likeness (QED) is 0.429. The SMILES string of the molecule is COc1cccc(CCN2C(=O)C[C@H](OC(=O)CBr)C2=O)c1. The molecule has 1 aliphatic heterocycles. The number of carbonyl (C=O) groups excluding carboxylic acids is 3. The van der Waals surface area contributed by atoms with Crippen molar-refractivity contribution in [1.29, 1.82) is 0 Å². The Kier molecular flexibility index (Phi) is 5.54. The Morgan fingerprint density at radius 1 is 1.41 bits per heavy atom. The smallest absolute Gasteiger partial charge is 0.317 e. The molecule has 0 aromatic heterocycles. The van der Waals surface area contributed by atoms with Crippen molar-refractivity contribution in [3.8, 4) is 5.75 Å². The fourth-order valence-electron chi connectivity index (χ4n) is 2.24. The lowest BCUT2D eigenvalue weighted by Crippen LogP contribution is -2.35. The summed E-state index contributed by atoms with van der Waals surface area (Å²) >= 11 is 2.95. The Morgan fingerprint density at radius 3 is 2.86 bits per heavy atom. The molecule has 0 unspecified atom stereocenters. The number of methoxy groups -OCH3 is 1. The first-order chi connectivity index (χ1) is 10.5. The van der Waals surface area contributed by atoms with Gasteiger partial charge in [0.2, 0.25) is 5.91 Å². The monoisotopic (exact) mass is 369 g/mol. The molecule has 1 atom stereocenters. The number of likely N-dealkylation sites (tertiary alicyclic amines) is 1. The van der Waals surface area contributed by atoms with Gasteiger partial charge >= 0.3 is 5.97 Å². The minimum Gasteiger partial charge on any atom is -0.497 e. The van der Waals surface area contributed by atoms with E-state index in [9.17, 15) is 14.4 Å². The molecule has 2 amide bonds. The van der Waals surface area contributed by atoms with E-state index in [4.69, 9.17) is 9.47 Å². The average molecular weight is 370 g/mol. The lowest BCUT2D eigenvalue weighted by Gasteiger charge is -2.15. The van der Waals surface area contributed by atoms with Gasteiger partial charge in [-0.15, -0.1) is 0 Å². The highest BCUT2D eigenvalue weighted by Crippen LogP contribution is 2.19. The van der Waals surface area contributed by atoms with Gasteiger partial charge < -0.3 is 9.47 Å². The number of esters is 1. The molecular formula is C15H16BrNO5. The van der Waals surface area contributed by atoms with Crippen LogP contribution < -0.4 is 4.74 Å². The minimum atomic E-state index is -0.997. The van der Waals surface area contributed by atoms with Crippen LogP contribution in [0.3, 0.4) is 0 Å². The van der Waals surface area contributed by atoms with Crippen LogP contribution in [0.2, 0.25) is 0 Å². The molecule has 0 radical (unpaired) electrons. The number of amides is 2. The molecule has 2 rings (SSSR count). The van der Waals surface area contributed by atoms with Crippen LogP contribution in [0.25, 0.3) is 0 Å². The number of halogens is 1. The summed E-state index contributed by atoms with van der Waals surface area (Å²) in [5.74, 6) is -0.607. The van der Waals surface area contributed by atoms with Gasteiger partial charge in [0.1, 0.15) is 11.1 Å². The molecule has 0 spiro atoms. The van der Waals surface area contributed by atoms with Crippen LogP contribution >= 0.6 is 15.9 Å². The minimum absolute atomic E-state index is 0.00518. The van der Waals surface area contributed by atoms with Crippen LogP contribution in [-0.2, 0) is 25.5 Å². The third kappa shape index (κ3) is 3.85.